The minimum atomic E-state index is -0.264. The van der Waals surface area contributed by atoms with E-state index >= 15 is 0 Å². The van der Waals surface area contributed by atoms with Crippen LogP contribution in [0.2, 0.25) is 0 Å². The number of likely N-dealkylation sites (tertiary alicyclic amines) is 1. The van der Waals surface area contributed by atoms with E-state index in [2.05, 4.69) is 17.0 Å². The van der Waals surface area contributed by atoms with E-state index in [1.54, 1.807) is 0 Å². The van der Waals surface area contributed by atoms with E-state index in [4.69, 9.17) is 9.47 Å². The van der Waals surface area contributed by atoms with Gasteiger partial charge in [-0.15, -0.1) is 0 Å². The summed E-state index contributed by atoms with van der Waals surface area (Å²) in [4.78, 5) is 2.28. The Labute approximate surface area is 137 Å². The first kappa shape index (κ1) is 16.7. The van der Waals surface area contributed by atoms with Gasteiger partial charge in [0.2, 0.25) is 0 Å². The Morgan fingerprint density at radius 1 is 1.22 bits per heavy atom. The van der Waals surface area contributed by atoms with E-state index < -0.39 is 0 Å². The van der Waals surface area contributed by atoms with Crippen molar-refractivity contribution in [2.45, 2.75) is 43.9 Å². The van der Waals surface area contributed by atoms with Crippen LogP contribution in [0.3, 0.4) is 0 Å². The Kier molecular flexibility index (Phi) is 5.89. The van der Waals surface area contributed by atoms with Gasteiger partial charge in [0.1, 0.15) is 11.9 Å². The van der Waals surface area contributed by atoms with Crippen LogP contribution in [0.4, 0.5) is 0 Å². The first-order valence-electron chi connectivity index (χ1n) is 8.61. The van der Waals surface area contributed by atoms with Crippen LogP contribution < -0.4 is 4.74 Å². The first-order valence-corrected chi connectivity index (χ1v) is 8.61. The summed E-state index contributed by atoms with van der Waals surface area (Å²) in [5, 5.41) is 19.2. The summed E-state index contributed by atoms with van der Waals surface area (Å²) in [7, 11) is 0. The number of benzene rings is 1. The molecule has 3 rings (SSSR count). The van der Waals surface area contributed by atoms with Crippen LogP contribution in [0.5, 0.6) is 5.75 Å². The minimum Gasteiger partial charge on any atom is -0.488 e. The molecule has 3 unspecified atom stereocenters. The van der Waals surface area contributed by atoms with Crippen LogP contribution in [-0.2, 0) is 11.2 Å². The third-order valence-electron chi connectivity index (χ3n) is 4.82. The Balaban J connectivity index is 1.48. The van der Waals surface area contributed by atoms with Crippen molar-refractivity contribution < 1.29 is 19.7 Å². The molecule has 5 nitrogen and oxygen atoms in total. The first-order chi connectivity index (χ1) is 11.2. The maximum absolute atomic E-state index is 9.70. The molecule has 0 saturated carbocycles. The van der Waals surface area contributed by atoms with Gasteiger partial charge in [-0.25, -0.2) is 0 Å². The lowest BCUT2D eigenvalue weighted by Crippen LogP contribution is -2.47. The zero-order valence-electron chi connectivity index (χ0n) is 13.6. The highest BCUT2D eigenvalue weighted by Gasteiger charge is 2.26. The van der Waals surface area contributed by atoms with Crippen LogP contribution >= 0.6 is 0 Å². The number of aliphatic hydroxyl groups is 2. The molecule has 5 heteroatoms. The van der Waals surface area contributed by atoms with Crippen molar-refractivity contribution in [3.8, 4) is 5.75 Å². The number of aliphatic hydroxyl groups excluding tert-OH is 2. The maximum Gasteiger partial charge on any atom is 0.124 e. The largest absolute Gasteiger partial charge is 0.488 e. The van der Waals surface area contributed by atoms with Gasteiger partial charge in [0.05, 0.1) is 25.9 Å². The fraction of sp³-hybridized carbons (Fsp3) is 0.667. The molecule has 2 saturated heterocycles. The highest BCUT2D eigenvalue weighted by atomic mass is 16.5. The molecule has 2 fully saturated rings. The molecular weight excluding hydrogens is 294 g/mol. The quantitative estimate of drug-likeness (QED) is 0.825. The average molecular weight is 321 g/mol. The fourth-order valence-electron chi connectivity index (χ4n) is 3.37. The molecule has 23 heavy (non-hydrogen) atoms. The molecule has 0 bridgehead atoms. The molecule has 0 spiro atoms. The molecule has 0 aliphatic carbocycles. The van der Waals surface area contributed by atoms with Crippen molar-refractivity contribution in [2.75, 3.05) is 32.9 Å². The predicted molar refractivity (Wildman–Crippen MR) is 87.7 cm³/mol. The number of piperidine rings is 1. The average Bonchev–Trinajstić information content (AvgIpc) is 3.08. The highest BCUT2D eigenvalue weighted by molar-refractivity contribution is 5.27. The van der Waals surface area contributed by atoms with Gasteiger partial charge in [0.25, 0.3) is 0 Å². The summed E-state index contributed by atoms with van der Waals surface area (Å²) in [5.41, 5.74) is 1.27. The van der Waals surface area contributed by atoms with Crippen LogP contribution in [0, 0.1) is 0 Å². The van der Waals surface area contributed by atoms with Crippen molar-refractivity contribution in [2.24, 2.45) is 0 Å². The molecule has 3 atom stereocenters. The zero-order chi connectivity index (χ0) is 16.1. The van der Waals surface area contributed by atoms with Gasteiger partial charge in [-0.2, -0.15) is 0 Å². The molecule has 2 heterocycles. The topological polar surface area (TPSA) is 62.2 Å². The molecule has 2 aliphatic rings. The van der Waals surface area contributed by atoms with Gasteiger partial charge in [0.15, 0.2) is 0 Å². The molecule has 1 aromatic rings. The van der Waals surface area contributed by atoms with Gasteiger partial charge in [-0.05, 0) is 37.0 Å². The van der Waals surface area contributed by atoms with Gasteiger partial charge in [0, 0.05) is 25.6 Å². The molecule has 1 aromatic carbocycles. The summed E-state index contributed by atoms with van der Waals surface area (Å²) in [6.07, 6.45) is 3.30. The van der Waals surface area contributed by atoms with Crippen molar-refractivity contribution in [3.63, 3.8) is 0 Å². The van der Waals surface area contributed by atoms with Crippen molar-refractivity contribution in [1.82, 2.24) is 4.90 Å². The summed E-state index contributed by atoms with van der Waals surface area (Å²) >= 11 is 0. The second kappa shape index (κ2) is 8.11. The van der Waals surface area contributed by atoms with Gasteiger partial charge < -0.3 is 19.7 Å². The van der Waals surface area contributed by atoms with Gasteiger partial charge in [-0.1, -0.05) is 12.1 Å². The summed E-state index contributed by atoms with van der Waals surface area (Å²) < 4.78 is 11.2. The van der Waals surface area contributed by atoms with E-state index in [1.807, 2.05) is 12.1 Å². The summed E-state index contributed by atoms with van der Waals surface area (Å²) in [5.74, 6) is 0.901. The minimum absolute atomic E-state index is 0.0868. The third-order valence-corrected chi connectivity index (χ3v) is 4.82. The van der Waals surface area contributed by atoms with Crippen LogP contribution in [0.15, 0.2) is 24.3 Å². The predicted octanol–water partition coefficient (Wildman–Crippen LogP) is 1.21. The number of ether oxygens (including phenoxy) is 2. The molecule has 128 valence electrons. The number of hydrogen-bond donors (Lipinski definition) is 2. The van der Waals surface area contributed by atoms with E-state index in [1.165, 1.54) is 5.56 Å². The third kappa shape index (κ3) is 4.67. The van der Waals surface area contributed by atoms with E-state index in [0.717, 1.165) is 44.7 Å². The smallest absolute Gasteiger partial charge is 0.124 e. The Morgan fingerprint density at radius 2 is 2.04 bits per heavy atom. The SMILES string of the molecule is OCC1CC(O)CCN1CCc1ccc(OC2CCOC2)cc1. The molecular formula is C18H27NO4. The summed E-state index contributed by atoms with van der Waals surface area (Å²) in [6, 6.07) is 8.35. The molecule has 2 aliphatic heterocycles. The van der Waals surface area contributed by atoms with E-state index in [-0.39, 0.29) is 24.9 Å². The number of rotatable bonds is 6. The van der Waals surface area contributed by atoms with Crippen molar-refractivity contribution in [1.29, 1.82) is 0 Å². The lowest BCUT2D eigenvalue weighted by molar-refractivity contribution is 0.0177. The van der Waals surface area contributed by atoms with Crippen LogP contribution in [0.1, 0.15) is 24.8 Å². The standard InChI is InChI=1S/C18H27NO4/c20-12-15-11-16(21)6-9-19(15)8-5-14-1-3-17(4-2-14)23-18-7-10-22-13-18/h1-4,15-16,18,20-21H,5-13H2. The van der Waals surface area contributed by atoms with E-state index in [9.17, 15) is 10.2 Å². The Hall–Kier alpha value is -1.14. The normalized spacial score (nSPS) is 28.9. The van der Waals surface area contributed by atoms with Crippen LogP contribution in [0.25, 0.3) is 0 Å². The summed E-state index contributed by atoms with van der Waals surface area (Å²) in [6.45, 7) is 3.36. The molecule has 2 N–H and O–H groups in total. The highest BCUT2D eigenvalue weighted by Crippen LogP contribution is 2.20. The number of nitrogens with zero attached hydrogens (tertiary/aromatic N) is 1. The lowest BCUT2D eigenvalue weighted by atomic mass is 9.99. The van der Waals surface area contributed by atoms with Gasteiger partial charge in [-0.3, -0.25) is 4.90 Å². The van der Waals surface area contributed by atoms with Crippen LogP contribution in [-0.4, -0.2) is 66.3 Å². The maximum atomic E-state index is 9.70. The monoisotopic (exact) mass is 321 g/mol. The Morgan fingerprint density at radius 3 is 2.74 bits per heavy atom. The molecule has 0 radical (unpaired) electrons. The zero-order valence-corrected chi connectivity index (χ0v) is 13.6. The van der Waals surface area contributed by atoms with E-state index in [0.29, 0.717) is 13.0 Å². The van der Waals surface area contributed by atoms with Crippen molar-refractivity contribution in [3.05, 3.63) is 29.8 Å². The van der Waals surface area contributed by atoms with Gasteiger partial charge >= 0.3 is 0 Å². The number of hydrogen-bond acceptors (Lipinski definition) is 5. The fourth-order valence-corrected chi connectivity index (χ4v) is 3.37. The molecule has 0 aromatic heterocycles. The second-order valence-electron chi connectivity index (χ2n) is 6.55. The molecule has 0 amide bonds. The Bertz CT molecular complexity index is 472. The van der Waals surface area contributed by atoms with Crippen molar-refractivity contribution >= 4 is 0 Å². The lowest BCUT2D eigenvalue weighted by Gasteiger charge is -2.36. The second-order valence-corrected chi connectivity index (χ2v) is 6.55.